The van der Waals surface area contributed by atoms with E-state index in [-0.39, 0.29) is 5.97 Å². The van der Waals surface area contributed by atoms with Crippen molar-refractivity contribution in [1.29, 1.82) is 0 Å². The number of hydrogen-bond acceptors (Lipinski definition) is 2. The van der Waals surface area contributed by atoms with Crippen molar-refractivity contribution in [3.05, 3.63) is 120 Å². The zero-order valence-corrected chi connectivity index (χ0v) is 19.7. The molecule has 6 aromatic rings. The molecule has 2 nitrogen and oxygen atoms in total. The topological polar surface area (TPSA) is 26.3 Å². The van der Waals surface area contributed by atoms with Crippen molar-refractivity contribution in [2.75, 3.05) is 7.11 Å². The summed E-state index contributed by atoms with van der Waals surface area (Å²) in [6, 6.07) is 37.9. The van der Waals surface area contributed by atoms with E-state index in [4.69, 9.17) is 4.74 Å². The molecular weight excluding hydrogens is 428 g/mol. The Balaban J connectivity index is 1.63. The Kier molecular flexibility index (Phi) is 5.08. The zero-order chi connectivity index (χ0) is 23.9. The van der Waals surface area contributed by atoms with Gasteiger partial charge in [-0.15, -0.1) is 0 Å². The first-order chi connectivity index (χ1) is 17.1. The smallest absolute Gasteiger partial charge is 0.338 e. The van der Waals surface area contributed by atoms with Crippen LogP contribution in [0.15, 0.2) is 109 Å². The second-order valence-corrected chi connectivity index (χ2v) is 8.96. The number of aryl methyl sites for hydroxylation is 1. The number of ether oxygens (including phenoxy) is 1. The molecule has 0 N–H and O–H groups in total. The van der Waals surface area contributed by atoms with Gasteiger partial charge in [-0.2, -0.15) is 0 Å². The van der Waals surface area contributed by atoms with Gasteiger partial charge in [-0.25, -0.2) is 4.79 Å². The molecule has 0 saturated heterocycles. The Hall–Kier alpha value is -4.43. The molecule has 0 fully saturated rings. The number of fused-ring (bicyclic) bond motifs is 3. The van der Waals surface area contributed by atoms with Crippen LogP contribution in [0.2, 0.25) is 0 Å². The van der Waals surface area contributed by atoms with Crippen molar-refractivity contribution in [3.8, 4) is 22.3 Å². The maximum absolute atomic E-state index is 12.8. The van der Waals surface area contributed by atoms with Gasteiger partial charge in [-0.1, -0.05) is 91.0 Å². The Morgan fingerprint density at radius 2 is 1.03 bits per heavy atom. The lowest BCUT2D eigenvalue weighted by Crippen LogP contribution is -2.04. The third-order valence-electron chi connectivity index (χ3n) is 6.89. The minimum Gasteiger partial charge on any atom is -0.465 e. The quantitative estimate of drug-likeness (QED) is 0.251. The van der Waals surface area contributed by atoms with Crippen LogP contribution in [0.3, 0.4) is 0 Å². The summed E-state index contributed by atoms with van der Waals surface area (Å²) >= 11 is 0. The number of carbonyl (C=O) groups excluding carboxylic acids is 1. The number of carbonyl (C=O) groups is 1. The Bertz CT molecular complexity index is 1760. The molecule has 0 radical (unpaired) electrons. The fourth-order valence-electron chi connectivity index (χ4n) is 5.17. The molecule has 0 aromatic heterocycles. The fraction of sp³-hybridized carbons (Fsp3) is 0.0606. The Morgan fingerprint density at radius 1 is 0.543 bits per heavy atom. The molecule has 0 amide bonds. The molecule has 0 saturated carbocycles. The van der Waals surface area contributed by atoms with Crippen LogP contribution in [0.1, 0.15) is 15.9 Å². The van der Waals surface area contributed by atoms with Crippen molar-refractivity contribution >= 4 is 38.3 Å². The van der Waals surface area contributed by atoms with Gasteiger partial charge in [-0.05, 0) is 85.3 Å². The first-order valence-corrected chi connectivity index (χ1v) is 11.8. The Labute approximate surface area is 204 Å². The van der Waals surface area contributed by atoms with Crippen molar-refractivity contribution in [1.82, 2.24) is 0 Å². The summed E-state index contributed by atoms with van der Waals surface area (Å²) in [7, 11) is 1.44. The molecule has 0 spiro atoms. The fourth-order valence-corrected chi connectivity index (χ4v) is 5.17. The number of hydrogen-bond donors (Lipinski definition) is 0. The molecule has 6 rings (SSSR count). The van der Waals surface area contributed by atoms with Gasteiger partial charge >= 0.3 is 5.97 Å². The minimum atomic E-state index is -0.329. The lowest BCUT2D eigenvalue weighted by Gasteiger charge is -2.16. The Morgan fingerprint density at radius 3 is 1.60 bits per heavy atom. The molecule has 2 heteroatoms. The molecule has 0 heterocycles. The van der Waals surface area contributed by atoms with Crippen LogP contribution in [0, 0.1) is 6.92 Å². The lowest BCUT2D eigenvalue weighted by molar-refractivity contribution is 0.0602. The molecule has 0 aliphatic carbocycles. The highest BCUT2D eigenvalue weighted by Gasteiger charge is 2.18. The van der Waals surface area contributed by atoms with Gasteiger partial charge in [-0.3, -0.25) is 0 Å². The molecule has 0 aliphatic rings. The predicted molar refractivity (Wildman–Crippen MR) is 146 cm³/mol. The lowest BCUT2D eigenvalue weighted by atomic mass is 9.88. The molecular formula is C33H24O2. The highest BCUT2D eigenvalue weighted by Crippen LogP contribution is 2.39. The summed E-state index contributed by atoms with van der Waals surface area (Å²) in [4.78, 5) is 12.8. The van der Waals surface area contributed by atoms with E-state index in [1.54, 1.807) is 0 Å². The molecule has 6 aromatic carbocycles. The van der Waals surface area contributed by atoms with Gasteiger partial charge in [0.05, 0.1) is 12.7 Å². The first-order valence-electron chi connectivity index (χ1n) is 11.8. The van der Waals surface area contributed by atoms with Crippen LogP contribution in [0.5, 0.6) is 0 Å². The monoisotopic (exact) mass is 452 g/mol. The van der Waals surface area contributed by atoms with Gasteiger partial charge in [0.15, 0.2) is 0 Å². The van der Waals surface area contributed by atoms with E-state index in [9.17, 15) is 4.79 Å². The number of esters is 1. The third kappa shape index (κ3) is 3.55. The van der Waals surface area contributed by atoms with E-state index >= 15 is 0 Å². The van der Waals surface area contributed by atoms with Crippen molar-refractivity contribution in [3.63, 3.8) is 0 Å². The SMILES string of the molecule is COC(=O)c1cc2ccccc2cc1-c1cccc2c(-c3cc4ccccc4cc3C)cccc12. The highest BCUT2D eigenvalue weighted by atomic mass is 16.5. The van der Waals surface area contributed by atoms with E-state index in [2.05, 4.69) is 91.9 Å². The summed E-state index contributed by atoms with van der Waals surface area (Å²) in [5.74, 6) is -0.329. The van der Waals surface area contributed by atoms with Crippen molar-refractivity contribution in [2.24, 2.45) is 0 Å². The maximum atomic E-state index is 12.8. The highest BCUT2D eigenvalue weighted by molar-refractivity contribution is 6.11. The average Bonchev–Trinajstić information content (AvgIpc) is 2.91. The maximum Gasteiger partial charge on any atom is 0.338 e. The van der Waals surface area contributed by atoms with Crippen LogP contribution < -0.4 is 0 Å². The summed E-state index contributed by atoms with van der Waals surface area (Å²) < 4.78 is 5.17. The summed E-state index contributed by atoms with van der Waals surface area (Å²) in [5, 5.41) is 6.85. The molecule has 0 atom stereocenters. The van der Waals surface area contributed by atoms with E-state index in [0.29, 0.717) is 5.56 Å². The van der Waals surface area contributed by atoms with Gasteiger partial charge in [0.25, 0.3) is 0 Å². The van der Waals surface area contributed by atoms with Gasteiger partial charge in [0, 0.05) is 0 Å². The average molecular weight is 453 g/mol. The van der Waals surface area contributed by atoms with Gasteiger partial charge < -0.3 is 4.74 Å². The molecule has 168 valence electrons. The standard InChI is InChI=1S/C33H24O2/c1-21-17-22-9-3-4-10-23(22)18-30(21)28-15-7-14-27-26(28)13-8-16-29(27)31-19-24-11-5-6-12-25(24)20-32(31)33(34)35-2/h3-20H,1-2H3. The first kappa shape index (κ1) is 21.1. The van der Waals surface area contributed by atoms with Gasteiger partial charge in [0.1, 0.15) is 0 Å². The molecule has 35 heavy (non-hydrogen) atoms. The number of rotatable bonds is 3. The molecule has 0 bridgehead atoms. The summed E-state index contributed by atoms with van der Waals surface area (Å²) in [5.41, 5.74) is 6.13. The second kappa shape index (κ2) is 8.41. The van der Waals surface area contributed by atoms with Crippen LogP contribution in [-0.2, 0) is 4.74 Å². The van der Waals surface area contributed by atoms with Crippen LogP contribution in [0.4, 0.5) is 0 Å². The molecule has 0 aliphatic heterocycles. The van der Waals surface area contributed by atoms with E-state index in [0.717, 1.165) is 32.7 Å². The molecule has 0 unspecified atom stereocenters. The van der Waals surface area contributed by atoms with E-state index < -0.39 is 0 Å². The van der Waals surface area contributed by atoms with Crippen LogP contribution in [0.25, 0.3) is 54.6 Å². The van der Waals surface area contributed by atoms with Crippen LogP contribution in [-0.4, -0.2) is 13.1 Å². The summed E-state index contributed by atoms with van der Waals surface area (Å²) in [6.45, 7) is 2.17. The zero-order valence-electron chi connectivity index (χ0n) is 19.7. The minimum absolute atomic E-state index is 0.329. The predicted octanol–water partition coefficient (Wildman–Crippen LogP) is 8.58. The van der Waals surface area contributed by atoms with Crippen molar-refractivity contribution < 1.29 is 9.53 Å². The summed E-state index contributed by atoms with van der Waals surface area (Å²) in [6.07, 6.45) is 0. The number of benzene rings is 6. The van der Waals surface area contributed by atoms with Crippen LogP contribution >= 0.6 is 0 Å². The van der Waals surface area contributed by atoms with Crippen molar-refractivity contribution in [2.45, 2.75) is 6.92 Å². The second-order valence-electron chi connectivity index (χ2n) is 8.96. The number of methoxy groups -OCH3 is 1. The van der Waals surface area contributed by atoms with Gasteiger partial charge in [0.2, 0.25) is 0 Å². The largest absolute Gasteiger partial charge is 0.465 e. The van der Waals surface area contributed by atoms with E-state index in [1.807, 2.05) is 24.3 Å². The normalized spacial score (nSPS) is 11.3. The third-order valence-corrected chi connectivity index (χ3v) is 6.89. The van der Waals surface area contributed by atoms with E-state index in [1.165, 1.54) is 34.6 Å².